The number of hydrogen-bond acceptors (Lipinski definition) is 4. The van der Waals surface area contributed by atoms with E-state index in [1.165, 1.54) is 19.2 Å². The minimum atomic E-state index is -1.00. The van der Waals surface area contributed by atoms with Crippen molar-refractivity contribution in [3.8, 4) is 11.5 Å². The largest absolute Gasteiger partial charge is 0.504 e. The smallest absolute Gasteiger partial charge is 0.309 e. The SMILES string of the molecule is COc1cc(CC(C)(C)C(=O)O)c(C=O)cc1O. The third-order valence-electron chi connectivity index (χ3n) is 2.78. The average molecular weight is 252 g/mol. The van der Waals surface area contributed by atoms with Crippen LogP contribution in [0.3, 0.4) is 0 Å². The Morgan fingerprint density at radius 1 is 1.44 bits per heavy atom. The van der Waals surface area contributed by atoms with Crippen molar-refractivity contribution in [3.05, 3.63) is 23.3 Å². The van der Waals surface area contributed by atoms with Gasteiger partial charge in [-0.3, -0.25) is 9.59 Å². The molecule has 1 rings (SSSR count). The average Bonchev–Trinajstić information content (AvgIpc) is 2.30. The van der Waals surface area contributed by atoms with E-state index < -0.39 is 11.4 Å². The first-order valence-electron chi connectivity index (χ1n) is 5.40. The lowest BCUT2D eigenvalue weighted by molar-refractivity contribution is -0.146. The molecule has 1 aromatic carbocycles. The molecular weight excluding hydrogens is 236 g/mol. The molecule has 0 aliphatic carbocycles. The summed E-state index contributed by atoms with van der Waals surface area (Å²) in [6, 6.07) is 2.77. The van der Waals surface area contributed by atoms with Crippen molar-refractivity contribution >= 4 is 12.3 Å². The summed E-state index contributed by atoms with van der Waals surface area (Å²) in [6.45, 7) is 3.15. The van der Waals surface area contributed by atoms with Gasteiger partial charge in [-0.15, -0.1) is 0 Å². The van der Waals surface area contributed by atoms with Gasteiger partial charge in [0.05, 0.1) is 12.5 Å². The van der Waals surface area contributed by atoms with Gasteiger partial charge in [0.25, 0.3) is 0 Å². The van der Waals surface area contributed by atoms with E-state index in [1.807, 2.05) is 0 Å². The van der Waals surface area contributed by atoms with E-state index >= 15 is 0 Å². The number of aromatic hydroxyl groups is 1. The topological polar surface area (TPSA) is 83.8 Å². The molecule has 0 amide bonds. The molecule has 5 nitrogen and oxygen atoms in total. The Labute approximate surface area is 105 Å². The standard InChI is InChI=1S/C13H16O5/c1-13(2,12(16)17)6-8-5-11(18-3)10(15)4-9(8)7-14/h4-5,7,15H,6H2,1-3H3,(H,16,17). The van der Waals surface area contributed by atoms with E-state index in [1.54, 1.807) is 13.8 Å². The number of carbonyl (C=O) groups is 2. The molecule has 98 valence electrons. The summed E-state index contributed by atoms with van der Waals surface area (Å²) in [5.41, 5.74) is -0.200. The van der Waals surface area contributed by atoms with Gasteiger partial charge in [-0.2, -0.15) is 0 Å². The highest BCUT2D eigenvalue weighted by atomic mass is 16.5. The highest BCUT2D eigenvalue weighted by Crippen LogP contribution is 2.32. The van der Waals surface area contributed by atoms with Crippen LogP contribution in [0.25, 0.3) is 0 Å². The van der Waals surface area contributed by atoms with Gasteiger partial charge in [0.1, 0.15) is 6.29 Å². The quantitative estimate of drug-likeness (QED) is 0.781. The molecule has 0 atom stereocenters. The van der Waals surface area contributed by atoms with Gasteiger partial charge in [0.15, 0.2) is 11.5 Å². The Morgan fingerprint density at radius 2 is 2.06 bits per heavy atom. The van der Waals surface area contributed by atoms with Crippen LogP contribution in [0.2, 0.25) is 0 Å². The molecule has 5 heteroatoms. The van der Waals surface area contributed by atoms with Crippen LogP contribution in [0.1, 0.15) is 29.8 Å². The van der Waals surface area contributed by atoms with E-state index in [9.17, 15) is 14.7 Å². The number of phenols is 1. The number of aliphatic carboxylic acids is 1. The maximum Gasteiger partial charge on any atom is 0.309 e. The van der Waals surface area contributed by atoms with E-state index in [0.717, 1.165) is 0 Å². The fourth-order valence-corrected chi connectivity index (χ4v) is 1.60. The van der Waals surface area contributed by atoms with Crippen LogP contribution in [-0.4, -0.2) is 29.6 Å². The van der Waals surface area contributed by atoms with Crippen molar-refractivity contribution < 1.29 is 24.5 Å². The summed E-state index contributed by atoms with van der Waals surface area (Å²) in [4.78, 5) is 22.0. The highest BCUT2D eigenvalue weighted by molar-refractivity contribution is 5.80. The molecule has 0 saturated heterocycles. The number of carbonyl (C=O) groups excluding carboxylic acids is 1. The molecule has 0 spiro atoms. The second kappa shape index (κ2) is 5.08. The first-order valence-corrected chi connectivity index (χ1v) is 5.40. The first-order chi connectivity index (χ1) is 8.31. The molecule has 0 aliphatic heterocycles. The lowest BCUT2D eigenvalue weighted by Crippen LogP contribution is -2.26. The van der Waals surface area contributed by atoms with Gasteiger partial charge >= 0.3 is 5.97 Å². The second-order valence-electron chi connectivity index (χ2n) is 4.71. The molecule has 0 unspecified atom stereocenters. The van der Waals surface area contributed by atoms with Crippen LogP contribution >= 0.6 is 0 Å². The summed E-state index contributed by atoms with van der Waals surface area (Å²) in [5.74, 6) is -0.875. The summed E-state index contributed by atoms with van der Waals surface area (Å²) in [6.07, 6.45) is 0.763. The Kier molecular flexibility index (Phi) is 3.96. The van der Waals surface area contributed by atoms with Crippen LogP contribution < -0.4 is 4.74 Å². The zero-order valence-corrected chi connectivity index (χ0v) is 10.6. The summed E-state index contributed by atoms with van der Waals surface area (Å²) in [7, 11) is 1.39. The number of rotatable bonds is 5. The number of aldehydes is 1. The Morgan fingerprint density at radius 3 is 2.50 bits per heavy atom. The highest BCUT2D eigenvalue weighted by Gasteiger charge is 2.28. The number of benzene rings is 1. The molecule has 0 aliphatic rings. The molecule has 1 aromatic rings. The second-order valence-corrected chi connectivity index (χ2v) is 4.71. The van der Waals surface area contributed by atoms with Crippen molar-refractivity contribution in [3.63, 3.8) is 0 Å². The Balaban J connectivity index is 3.22. The van der Waals surface area contributed by atoms with Crippen molar-refractivity contribution in [1.29, 1.82) is 0 Å². The van der Waals surface area contributed by atoms with Crippen LogP contribution in [0.5, 0.6) is 11.5 Å². The van der Waals surface area contributed by atoms with Gasteiger partial charge in [-0.05, 0) is 38.0 Å². The molecule has 0 heterocycles. The summed E-state index contributed by atoms with van der Waals surface area (Å²) >= 11 is 0. The van der Waals surface area contributed by atoms with E-state index in [-0.39, 0.29) is 23.5 Å². The third kappa shape index (κ3) is 2.80. The maximum absolute atomic E-state index is 11.1. The zero-order chi connectivity index (χ0) is 13.9. The molecule has 0 bridgehead atoms. The molecule has 0 aromatic heterocycles. The predicted octanol–water partition coefficient (Wildman–Crippen LogP) is 1.87. The molecule has 0 radical (unpaired) electrons. The van der Waals surface area contributed by atoms with Crippen LogP contribution in [0, 0.1) is 5.41 Å². The Hall–Kier alpha value is -2.04. The molecular formula is C13H16O5. The normalized spacial score (nSPS) is 11.1. The maximum atomic E-state index is 11.1. The van der Waals surface area contributed by atoms with Gasteiger partial charge < -0.3 is 14.9 Å². The molecule has 2 N–H and O–H groups in total. The predicted molar refractivity (Wildman–Crippen MR) is 65.2 cm³/mol. The lowest BCUT2D eigenvalue weighted by Gasteiger charge is -2.20. The molecule has 0 fully saturated rings. The van der Waals surface area contributed by atoms with Crippen molar-refractivity contribution in [2.24, 2.45) is 5.41 Å². The first kappa shape index (κ1) is 14.0. The zero-order valence-electron chi connectivity index (χ0n) is 10.6. The van der Waals surface area contributed by atoms with Crippen molar-refractivity contribution in [2.45, 2.75) is 20.3 Å². The van der Waals surface area contributed by atoms with Crippen molar-refractivity contribution in [2.75, 3.05) is 7.11 Å². The van der Waals surface area contributed by atoms with Gasteiger partial charge in [0, 0.05) is 5.56 Å². The minimum absolute atomic E-state index is 0.142. The number of carboxylic acids is 1. The van der Waals surface area contributed by atoms with Gasteiger partial charge in [-0.1, -0.05) is 0 Å². The molecule has 0 saturated carbocycles. The van der Waals surface area contributed by atoms with E-state index in [2.05, 4.69) is 0 Å². The van der Waals surface area contributed by atoms with Crippen LogP contribution in [0.15, 0.2) is 12.1 Å². The third-order valence-corrected chi connectivity index (χ3v) is 2.78. The monoisotopic (exact) mass is 252 g/mol. The van der Waals surface area contributed by atoms with Gasteiger partial charge in [-0.25, -0.2) is 0 Å². The number of phenolic OH excluding ortho intramolecular Hbond substituents is 1. The number of hydrogen-bond donors (Lipinski definition) is 2. The fourth-order valence-electron chi connectivity index (χ4n) is 1.60. The van der Waals surface area contributed by atoms with Gasteiger partial charge in [0.2, 0.25) is 0 Å². The Bertz CT molecular complexity index is 477. The van der Waals surface area contributed by atoms with E-state index in [0.29, 0.717) is 11.8 Å². The minimum Gasteiger partial charge on any atom is -0.504 e. The van der Waals surface area contributed by atoms with Crippen LogP contribution in [-0.2, 0) is 11.2 Å². The lowest BCUT2D eigenvalue weighted by atomic mass is 9.84. The van der Waals surface area contributed by atoms with E-state index in [4.69, 9.17) is 9.84 Å². The number of methoxy groups -OCH3 is 1. The summed E-state index contributed by atoms with van der Waals surface area (Å²) in [5, 5.41) is 18.6. The fraction of sp³-hybridized carbons (Fsp3) is 0.385. The summed E-state index contributed by atoms with van der Waals surface area (Å²) < 4.78 is 4.95. The van der Waals surface area contributed by atoms with Crippen LogP contribution in [0.4, 0.5) is 0 Å². The number of carboxylic acid groups (broad SMARTS) is 1. The molecule has 18 heavy (non-hydrogen) atoms. The number of ether oxygens (including phenoxy) is 1. The van der Waals surface area contributed by atoms with Crippen molar-refractivity contribution in [1.82, 2.24) is 0 Å².